The zero-order chi connectivity index (χ0) is 27.1. The molecule has 8 nitrogen and oxygen atoms in total. The predicted molar refractivity (Wildman–Crippen MR) is 139 cm³/mol. The number of nitrogens with zero attached hydrogens (tertiary/aromatic N) is 4. The number of fused-ring (bicyclic) bond motifs is 1. The van der Waals surface area contributed by atoms with Crippen LogP contribution < -0.4 is 10.6 Å². The fourth-order valence-corrected chi connectivity index (χ4v) is 6.25. The van der Waals surface area contributed by atoms with Gasteiger partial charge in [0.25, 0.3) is 0 Å². The lowest BCUT2D eigenvalue weighted by atomic mass is 9.80. The first-order valence-electron chi connectivity index (χ1n) is 12.8. The predicted octanol–water partition coefficient (Wildman–Crippen LogP) is 4.27. The highest BCUT2D eigenvalue weighted by Crippen LogP contribution is 2.42. The van der Waals surface area contributed by atoms with Gasteiger partial charge < -0.3 is 15.7 Å². The molecule has 2 aromatic heterocycles. The number of halogens is 3. The van der Waals surface area contributed by atoms with Crippen LogP contribution in [0.5, 0.6) is 0 Å². The first kappa shape index (κ1) is 26.8. The molecule has 0 radical (unpaired) electrons. The fourth-order valence-electron chi connectivity index (χ4n) is 5.18. The van der Waals surface area contributed by atoms with Crippen molar-refractivity contribution in [3.05, 3.63) is 46.2 Å². The van der Waals surface area contributed by atoms with Crippen LogP contribution in [0.4, 0.5) is 19.0 Å². The van der Waals surface area contributed by atoms with Crippen LogP contribution >= 0.6 is 11.3 Å². The third-order valence-corrected chi connectivity index (χ3v) is 8.92. The Kier molecular flexibility index (Phi) is 7.31. The molecular formula is C26H31F3N6O2S. The number of hydrogen-bond acceptors (Lipinski definition) is 8. The quantitative estimate of drug-likeness (QED) is 0.405. The number of rotatable bonds is 7. The molecule has 1 aliphatic heterocycles. The van der Waals surface area contributed by atoms with E-state index in [0.717, 1.165) is 47.9 Å². The first-order chi connectivity index (χ1) is 18.0. The van der Waals surface area contributed by atoms with Crippen molar-refractivity contribution in [1.82, 2.24) is 25.2 Å². The summed E-state index contributed by atoms with van der Waals surface area (Å²) in [6.45, 7) is 5.56. The Morgan fingerprint density at radius 1 is 1.21 bits per heavy atom. The van der Waals surface area contributed by atoms with E-state index in [1.165, 1.54) is 12.4 Å². The molecule has 204 valence electrons. The maximum atomic E-state index is 13.1. The summed E-state index contributed by atoms with van der Waals surface area (Å²) in [6.07, 6.45) is 1.74. The number of carbonyl (C=O) groups excluding carboxylic acids is 1. The minimum absolute atomic E-state index is 0.0131. The number of hydrogen-bond donors (Lipinski definition) is 3. The van der Waals surface area contributed by atoms with Crippen LogP contribution in [0.15, 0.2) is 30.7 Å². The number of aliphatic hydroxyl groups is 1. The number of likely N-dealkylation sites (tertiary alicyclic amines) is 1. The Morgan fingerprint density at radius 2 is 1.95 bits per heavy atom. The lowest BCUT2D eigenvalue weighted by Gasteiger charge is -2.48. The van der Waals surface area contributed by atoms with Crippen molar-refractivity contribution in [2.24, 2.45) is 0 Å². The van der Waals surface area contributed by atoms with E-state index in [-0.39, 0.29) is 29.7 Å². The number of carbonyl (C=O) groups is 1. The largest absolute Gasteiger partial charge is 0.416 e. The van der Waals surface area contributed by atoms with Crippen molar-refractivity contribution in [1.29, 1.82) is 0 Å². The summed E-state index contributed by atoms with van der Waals surface area (Å²) in [7, 11) is 0. The standard InChI is InChI=1S/C26H31F3N6O2S/c1-15(2)24-31-10-21(38-24)25(37)7-5-18(6-8-25)35-12-17(13-35)34-22(36)11-30-23-19-9-16(26(27,28)29)3-4-20(19)32-14-33-23/h3-4,9-10,14-15,17-18,37H,5-8,11-13H2,1-2H3,(H,34,36)(H,30,32,33). The minimum Gasteiger partial charge on any atom is -0.384 e. The average molecular weight is 549 g/mol. The van der Waals surface area contributed by atoms with E-state index in [9.17, 15) is 23.1 Å². The average Bonchev–Trinajstić information content (AvgIpc) is 3.36. The first-order valence-corrected chi connectivity index (χ1v) is 13.6. The zero-order valence-corrected chi connectivity index (χ0v) is 22.1. The van der Waals surface area contributed by atoms with Crippen LogP contribution in [-0.2, 0) is 16.6 Å². The SMILES string of the molecule is CC(C)c1ncc(C2(O)CCC(N3CC(NC(=O)CNc4ncnc5ccc(C(F)(F)F)cc45)C3)CC2)s1. The maximum absolute atomic E-state index is 13.1. The molecule has 2 aliphatic rings. The Balaban J connectivity index is 1.09. The van der Waals surface area contributed by atoms with Gasteiger partial charge in [-0.3, -0.25) is 9.69 Å². The van der Waals surface area contributed by atoms with Crippen LogP contribution in [0, 0.1) is 0 Å². The number of amides is 1. The van der Waals surface area contributed by atoms with Gasteiger partial charge in [0, 0.05) is 36.6 Å². The van der Waals surface area contributed by atoms with Gasteiger partial charge in [-0.2, -0.15) is 13.2 Å². The van der Waals surface area contributed by atoms with E-state index in [4.69, 9.17) is 0 Å². The molecule has 3 aromatic rings. The van der Waals surface area contributed by atoms with Crippen LogP contribution in [0.3, 0.4) is 0 Å². The number of benzene rings is 1. The summed E-state index contributed by atoms with van der Waals surface area (Å²) >= 11 is 1.60. The van der Waals surface area contributed by atoms with Crippen LogP contribution in [0.2, 0.25) is 0 Å². The monoisotopic (exact) mass is 548 g/mol. The smallest absolute Gasteiger partial charge is 0.384 e. The molecule has 0 atom stereocenters. The molecule has 0 bridgehead atoms. The fraction of sp³-hybridized carbons (Fsp3) is 0.538. The summed E-state index contributed by atoms with van der Waals surface area (Å²) in [5.74, 6) is 0.278. The van der Waals surface area contributed by atoms with E-state index in [1.54, 1.807) is 11.3 Å². The topological polar surface area (TPSA) is 103 Å². The van der Waals surface area contributed by atoms with Crippen molar-refractivity contribution < 1.29 is 23.1 Å². The molecule has 1 aromatic carbocycles. The number of alkyl halides is 3. The van der Waals surface area contributed by atoms with Crippen molar-refractivity contribution in [3.63, 3.8) is 0 Å². The van der Waals surface area contributed by atoms with Gasteiger partial charge in [-0.05, 0) is 43.9 Å². The molecule has 38 heavy (non-hydrogen) atoms. The summed E-state index contributed by atoms with van der Waals surface area (Å²) in [5.41, 5.74) is -1.24. The molecule has 5 rings (SSSR count). The van der Waals surface area contributed by atoms with Gasteiger partial charge in [0.1, 0.15) is 17.7 Å². The van der Waals surface area contributed by atoms with Crippen LogP contribution in [0.25, 0.3) is 10.9 Å². The van der Waals surface area contributed by atoms with Gasteiger partial charge in [-0.1, -0.05) is 13.8 Å². The van der Waals surface area contributed by atoms with Gasteiger partial charge in [0.2, 0.25) is 5.91 Å². The number of anilines is 1. The number of aromatic nitrogens is 3. The van der Waals surface area contributed by atoms with Gasteiger partial charge in [0.05, 0.1) is 33.6 Å². The van der Waals surface area contributed by atoms with Crippen molar-refractivity contribution in [2.75, 3.05) is 25.0 Å². The zero-order valence-electron chi connectivity index (χ0n) is 21.3. The minimum atomic E-state index is -4.48. The van der Waals surface area contributed by atoms with E-state index in [0.29, 0.717) is 30.3 Å². The summed E-state index contributed by atoms with van der Waals surface area (Å²) in [6, 6.07) is 3.64. The molecule has 1 saturated heterocycles. The highest BCUT2D eigenvalue weighted by Gasteiger charge is 2.41. The number of nitrogens with one attached hydrogen (secondary N) is 2. The van der Waals surface area contributed by atoms with Crippen molar-refractivity contribution in [3.8, 4) is 0 Å². The Labute approximate surface area is 222 Å². The lowest BCUT2D eigenvalue weighted by Crippen LogP contribution is -2.63. The Hall–Kier alpha value is -2.83. The molecule has 1 amide bonds. The highest BCUT2D eigenvalue weighted by atomic mass is 32.1. The van der Waals surface area contributed by atoms with E-state index in [2.05, 4.69) is 44.3 Å². The summed E-state index contributed by atoms with van der Waals surface area (Å²) in [4.78, 5) is 28.3. The van der Waals surface area contributed by atoms with Gasteiger partial charge in [-0.25, -0.2) is 15.0 Å². The van der Waals surface area contributed by atoms with Crippen LogP contribution in [0.1, 0.15) is 60.9 Å². The second-order valence-corrected chi connectivity index (χ2v) is 11.6. The summed E-state index contributed by atoms with van der Waals surface area (Å²) < 4.78 is 39.3. The molecular weight excluding hydrogens is 517 g/mol. The van der Waals surface area contributed by atoms with E-state index < -0.39 is 17.3 Å². The van der Waals surface area contributed by atoms with Gasteiger partial charge in [0.15, 0.2) is 0 Å². The molecule has 3 N–H and O–H groups in total. The second kappa shape index (κ2) is 10.4. The number of thiazole rings is 1. The van der Waals surface area contributed by atoms with Gasteiger partial charge in [-0.15, -0.1) is 11.3 Å². The van der Waals surface area contributed by atoms with Crippen molar-refractivity contribution >= 4 is 34.0 Å². The molecule has 2 fully saturated rings. The van der Waals surface area contributed by atoms with E-state index >= 15 is 0 Å². The van der Waals surface area contributed by atoms with Crippen molar-refractivity contribution in [2.45, 2.75) is 69.3 Å². The van der Waals surface area contributed by atoms with Gasteiger partial charge >= 0.3 is 6.18 Å². The lowest BCUT2D eigenvalue weighted by molar-refractivity contribution is -0.137. The Morgan fingerprint density at radius 3 is 2.61 bits per heavy atom. The maximum Gasteiger partial charge on any atom is 0.416 e. The van der Waals surface area contributed by atoms with E-state index in [1.807, 2.05) is 6.20 Å². The summed E-state index contributed by atoms with van der Waals surface area (Å²) in [5, 5.41) is 18.3. The van der Waals surface area contributed by atoms with Crippen LogP contribution in [-0.4, -0.2) is 62.6 Å². The highest BCUT2D eigenvalue weighted by molar-refractivity contribution is 7.11. The molecule has 0 spiro atoms. The Bertz CT molecular complexity index is 1300. The molecule has 3 heterocycles. The molecule has 0 unspecified atom stereocenters. The third-order valence-electron chi connectivity index (χ3n) is 7.43. The normalized spacial score (nSPS) is 23.0. The third kappa shape index (κ3) is 5.62. The second-order valence-electron chi connectivity index (χ2n) is 10.5. The molecule has 1 aliphatic carbocycles. The molecule has 1 saturated carbocycles. The molecule has 12 heteroatoms.